The summed E-state index contributed by atoms with van der Waals surface area (Å²) in [5, 5.41) is 24.4. The van der Waals surface area contributed by atoms with E-state index in [9.17, 15) is 9.90 Å². The number of hydrogen-bond acceptors (Lipinski definition) is 6. The number of nitrogens with one attached hydrogen (secondary N) is 1. The predicted molar refractivity (Wildman–Crippen MR) is 147 cm³/mol. The highest BCUT2D eigenvalue weighted by Crippen LogP contribution is 2.31. The molecule has 3 aromatic carbocycles. The number of halogens is 4. The molecule has 1 heterocycles. The minimum absolute atomic E-state index is 0.0198. The average molecular weight is 656 g/mol. The van der Waals surface area contributed by atoms with Crippen molar-refractivity contribution in [1.29, 1.82) is 0 Å². The van der Waals surface area contributed by atoms with Crippen LogP contribution in [-0.4, -0.2) is 37.7 Å². The topological polar surface area (TPSA) is 92.4 Å². The lowest BCUT2D eigenvalue weighted by molar-refractivity contribution is -0.118. The van der Waals surface area contributed by atoms with Crippen LogP contribution in [0.5, 0.6) is 5.75 Å². The van der Waals surface area contributed by atoms with Gasteiger partial charge in [0.1, 0.15) is 5.75 Å². The Balaban J connectivity index is 1.51. The molecule has 0 spiro atoms. The van der Waals surface area contributed by atoms with E-state index in [0.29, 0.717) is 31.1 Å². The first-order valence-corrected chi connectivity index (χ1v) is 13.2. The van der Waals surface area contributed by atoms with Crippen LogP contribution in [0, 0.1) is 0 Å². The van der Waals surface area contributed by atoms with Crippen molar-refractivity contribution < 1.29 is 9.90 Å². The van der Waals surface area contributed by atoms with Gasteiger partial charge in [0.15, 0.2) is 11.0 Å². The van der Waals surface area contributed by atoms with E-state index in [0.717, 1.165) is 15.7 Å². The first-order valence-electron chi connectivity index (χ1n) is 9.92. The fraction of sp³-hybridized carbons (Fsp3) is 0.0435. The average Bonchev–Trinajstić information content (AvgIpc) is 3.25. The van der Waals surface area contributed by atoms with Gasteiger partial charge in [0, 0.05) is 31.3 Å². The lowest BCUT2D eigenvalue weighted by atomic mass is 10.2. The molecule has 0 unspecified atom stereocenters. The van der Waals surface area contributed by atoms with E-state index < -0.39 is 0 Å². The largest absolute Gasteiger partial charge is 0.506 e. The molecule has 0 fully saturated rings. The Hall–Kier alpha value is -2.37. The monoisotopic (exact) mass is 653 g/mol. The Bertz CT molecular complexity index is 1400. The number of phenols is 1. The van der Waals surface area contributed by atoms with Crippen LogP contribution in [0.15, 0.2) is 79.9 Å². The van der Waals surface area contributed by atoms with Gasteiger partial charge in [-0.25, -0.2) is 5.43 Å². The highest BCUT2D eigenvalue weighted by atomic mass is 79.9. The molecule has 4 rings (SSSR count). The third kappa shape index (κ3) is 6.45. The number of aromatic nitrogens is 3. The first kappa shape index (κ1) is 25.7. The first-order chi connectivity index (χ1) is 16.8. The molecule has 0 radical (unpaired) electrons. The lowest BCUT2D eigenvalue weighted by Gasteiger charge is -2.10. The number of carbonyl (C=O) groups excluding carboxylic acids is 1. The van der Waals surface area contributed by atoms with Gasteiger partial charge in [0.05, 0.1) is 16.4 Å². The van der Waals surface area contributed by atoms with Crippen molar-refractivity contribution >= 4 is 78.9 Å². The van der Waals surface area contributed by atoms with Crippen LogP contribution in [0.1, 0.15) is 5.56 Å². The van der Waals surface area contributed by atoms with Crippen molar-refractivity contribution in [1.82, 2.24) is 20.2 Å². The molecule has 4 aromatic rings. The summed E-state index contributed by atoms with van der Waals surface area (Å²) in [4.78, 5) is 12.4. The van der Waals surface area contributed by atoms with Gasteiger partial charge in [0.2, 0.25) is 0 Å². The van der Waals surface area contributed by atoms with Crippen molar-refractivity contribution in [2.45, 2.75) is 5.16 Å². The van der Waals surface area contributed by atoms with E-state index >= 15 is 0 Å². The number of phenolic OH excluding ortho intramolecular Hbond substituents is 1. The molecule has 0 aliphatic rings. The number of thioether (sulfide) groups is 1. The summed E-state index contributed by atoms with van der Waals surface area (Å²) in [5.74, 6) is 0.309. The molecule has 0 aliphatic heterocycles. The molecule has 7 nitrogen and oxygen atoms in total. The summed E-state index contributed by atoms with van der Waals surface area (Å²) >= 11 is 19.9. The quantitative estimate of drug-likeness (QED) is 0.131. The van der Waals surface area contributed by atoms with E-state index in [1.165, 1.54) is 18.0 Å². The summed E-state index contributed by atoms with van der Waals surface area (Å²) in [5.41, 5.74) is 4.51. The number of hydrogen-bond donors (Lipinski definition) is 2. The molecule has 178 valence electrons. The van der Waals surface area contributed by atoms with Gasteiger partial charge in [-0.05, 0) is 76.6 Å². The van der Waals surface area contributed by atoms with E-state index in [2.05, 4.69) is 52.6 Å². The Labute approximate surface area is 231 Å². The van der Waals surface area contributed by atoms with Gasteiger partial charge in [-0.2, -0.15) is 5.10 Å². The van der Waals surface area contributed by atoms with Gasteiger partial charge < -0.3 is 5.11 Å². The fourth-order valence-electron chi connectivity index (χ4n) is 2.99. The lowest BCUT2D eigenvalue weighted by Crippen LogP contribution is -2.20. The molecule has 2 N–H and O–H groups in total. The number of hydrazone groups is 1. The number of carbonyl (C=O) groups is 1. The van der Waals surface area contributed by atoms with E-state index in [1.807, 2.05) is 28.8 Å². The zero-order valence-electron chi connectivity index (χ0n) is 17.6. The van der Waals surface area contributed by atoms with Crippen molar-refractivity contribution in [3.05, 3.63) is 85.2 Å². The SMILES string of the molecule is O=C(CSc1nnc(-c2ccc(Cl)cc2)n1-c1ccc(Cl)cc1)N/N=C/c1cc(Br)cc(Br)c1O. The summed E-state index contributed by atoms with van der Waals surface area (Å²) in [6.45, 7) is 0. The molecular formula is C23H15Br2Cl2N5O2S. The summed E-state index contributed by atoms with van der Waals surface area (Å²) < 4.78 is 3.11. The Kier molecular flexibility index (Phi) is 8.51. The van der Waals surface area contributed by atoms with Crippen molar-refractivity contribution in [2.24, 2.45) is 5.10 Å². The van der Waals surface area contributed by atoms with Crippen LogP contribution < -0.4 is 5.43 Å². The molecule has 0 saturated carbocycles. The normalized spacial score (nSPS) is 11.2. The molecule has 0 bridgehead atoms. The molecule has 1 amide bonds. The maximum atomic E-state index is 12.4. The zero-order chi connectivity index (χ0) is 24.9. The van der Waals surface area contributed by atoms with Gasteiger partial charge in [-0.3, -0.25) is 9.36 Å². The molecule has 0 aliphatic carbocycles. The third-order valence-corrected chi connectivity index (χ3v) is 7.10. The summed E-state index contributed by atoms with van der Waals surface area (Å²) in [6.07, 6.45) is 1.36. The Morgan fingerprint density at radius 2 is 1.71 bits per heavy atom. The van der Waals surface area contributed by atoms with Crippen LogP contribution in [0.3, 0.4) is 0 Å². The van der Waals surface area contributed by atoms with E-state index in [-0.39, 0.29) is 17.4 Å². The standard InChI is InChI=1S/C23H15Br2Cl2N5O2S/c24-15-9-14(21(34)19(25)10-15)11-28-29-20(33)12-35-23-31-30-22(13-1-3-16(26)4-2-13)32(23)18-7-5-17(27)6-8-18/h1-11,34H,12H2,(H,29,33)/b28-11+. The molecule has 12 heteroatoms. The highest BCUT2D eigenvalue weighted by Gasteiger charge is 2.17. The maximum absolute atomic E-state index is 12.4. The van der Waals surface area contributed by atoms with Crippen LogP contribution >= 0.6 is 66.8 Å². The minimum atomic E-state index is -0.349. The molecule has 1 aromatic heterocycles. The Morgan fingerprint density at radius 1 is 1.06 bits per heavy atom. The number of aromatic hydroxyl groups is 1. The maximum Gasteiger partial charge on any atom is 0.250 e. The molecule has 35 heavy (non-hydrogen) atoms. The number of rotatable bonds is 7. The van der Waals surface area contributed by atoms with Gasteiger partial charge >= 0.3 is 0 Å². The van der Waals surface area contributed by atoms with Gasteiger partial charge in [0.25, 0.3) is 5.91 Å². The summed E-state index contributed by atoms with van der Waals surface area (Å²) in [6, 6.07) is 17.9. The smallest absolute Gasteiger partial charge is 0.250 e. The summed E-state index contributed by atoms with van der Waals surface area (Å²) in [7, 11) is 0. The van der Waals surface area contributed by atoms with Gasteiger partial charge in [-0.15, -0.1) is 10.2 Å². The van der Waals surface area contributed by atoms with E-state index in [1.54, 1.807) is 36.4 Å². The number of benzene rings is 3. The second-order valence-corrected chi connectivity index (χ2v) is 10.6. The van der Waals surface area contributed by atoms with Gasteiger partial charge in [-0.1, -0.05) is 50.9 Å². The third-order valence-electron chi connectivity index (χ3n) is 4.60. The highest BCUT2D eigenvalue weighted by molar-refractivity contribution is 9.11. The van der Waals surface area contributed by atoms with Crippen molar-refractivity contribution in [3.63, 3.8) is 0 Å². The van der Waals surface area contributed by atoms with Crippen LogP contribution in [0.25, 0.3) is 17.1 Å². The fourth-order valence-corrected chi connectivity index (χ4v) is 5.25. The molecule has 0 atom stereocenters. The Morgan fingerprint density at radius 3 is 2.40 bits per heavy atom. The molecular weight excluding hydrogens is 641 g/mol. The zero-order valence-corrected chi connectivity index (χ0v) is 23.1. The predicted octanol–water partition coefficient (Wildman–Crippen LogP) is 6.71. The van der Waals surface area contributed by atoms with Crippen molar-refractivity contribution in [3.8, 4) is 22.8 Å². The van der Waals surface area contributed by atoms with Crippen LogP contribution in [-0.2, 0) is 4.79 Å². The van der Waals surface area contributed by atoms with Crippen molar-refractivity contribution in [2.75, 3.05) is 5.75 Å². The van der Waals surface area contributed by atoms with Crippen LogP contribution in [0.4, 0.5) is 0 Å². The molecule has 0 saturated heterocycles. The van der Waals surface area contributed by atoms with E-state index in [4.69, 9.17) is 23.2 Å². The number of amides is 1. The second-order valence-electron chi connectivity index (χ2n) is 7.03. The second kappa shape index (κ2) is 11.6. The minimum Gasteiger partial charge on any atom is -0.506 e. The van der Waals surface area contributed by atoms with Crippen LogP contribution in [0.2, 0.25) is 10.0 Å². The number of nitrogens with zero attached hydrogens (tertiary/aromatic N) is 4.